The van der Waals surface area contributed by atoms with Crippen LogP contribution in [0.3, 0.4) is 0 Å². The SMILES string of the molecule is [B-]c1[nH]c(=O)c(=O)[nH]c1O. The van der Waals surface area contributed by atoms with E-state index in [1.165, 1.54) is 0 Å². The van der Waals surface area contributed by atoms with Gasteiger partial charge < -0.3 is 17.9 Å². The Hall–Kier alpha value is -1.46. The fraction of sp³-hybridized carbons (Fsp3) is 0. The van der Waals surface area contributed by atoms with E-state index in [9.17, 15) is 9.59 Å². The lowest BCUT2D eigenvalue weighted by atomic mass is 10.1. The Bertz CT molecular complexity index is 317. The van der Waals surface area contributed by atoms with Gasteiger partial charge in [0.1, 0.15) is 0 Å². The average Bonchev–Trinajstić information content (AvgIpc) is 1.84. The summed E-state index contributed by atoms with van der Waals surface area (Å²) < 4.78 is 0. The number of rotatable bonds is 0. The first-order chi connectivity index (χ1) is 4.61. The minimum absolute atomic E-state index is 0.246. The molecule has 10 heavy (non-hydrogen) atoms. The van der Waals surface area contributed by atoms with E-state index in [4.69, 9.17) is 13.0 Å². The van der Waals surface area contributed by atoms with Crippen molar-refractivity contribution in [3.05, 3.63) is 20.7 Å². The summed E-state index contributed by atoms with van der Waals surface area (Å²) >= 11 is 0. The second-order valence-corrected chi connectivity index (χ2v) is 1.67. The van der Waals surface area contributed by atoms with Gasteiger partial charge in [-0.05, 0) is 0 Å². The molecule has 0 aliphatic heterocycles. The van der Waals surface area contributed by atoms with Crippen molar-refractivity contribution in [3.63, 3.8) is 0 Å². The third-order valence-corrected chi connectivity index (χ3v) is 0.941. The minimum atomic E-state index is -0.924. The van der Waals surface area contributed by atoms with Gasteiger partial charge in [0.2, 0.25) is 0 Å². The van der Waals surface area contributed by atoms with Crippen molar-refractivity contribution in [1.82, 2.24) is 9.97 Å². The predicted molar refractivity (Wildman–Crippen MR) is 34.7 cm³/mol. The van der Waals surface area contributed by atoms with Crippen LogP contribution in [0.5, 0.6) is 5.88 Å². The molecule has 0 aliphatic rings. The highest BCUT2D eigenvalue weighted by Gasteiger charge is 1.91. The van der Waals surface area contributed by atoms with Crippen LogP contribution in [0.1, 0.15) is 0 Å². The molecule has 0 saturated carbocycles. The Balaban J connectivity index is 3.59. The van der Waals surface area contributed by atoms with E-state index in [2.05, 4.69) is 0 Å². The van der Waals surface area contributed by atoms with Crippen LogP contribution < -0.4 is 16.7 Å². The second-order valence-electron chi connectivity index (χ2n) is 1.67. The molecule has 1 aromatic heterocycles. The molecule has 1 aromatic rings. The van der Waals surface area contributed by atoms with Crippen LogP contribution in [-0.2, 0) is 0 Å². The van der Waals surface area contributed by atoms with Gasteiger partial charge in [-0.25, -0.2) is 0 Å². The number of H-pyrrole nitrogens is 2. The summed E-state index contributed by atoms with van der Waals surface area (Å²) in [5, 5.41) is 8.67. The zero-order valence-electron chi connectivity index (χ0n) is 4.84. The summed E-state index contributed by atoms with van der Waals surface area (Å²) in [5.41, 5.74) is -2.05. The zero-order chi connectivity index (χ0) is 7.72. The third-order valence-electron chi connectivity index (χ3n) is 0.941. The molecular weight excluding hydrogens is 135 g/mol. The van der Waals surface area contributed by atoms with Crippen molar-refractivity contribution in [3.8, 4) is 5.88 Å². The van der Waals surface area contributed by atoms with E-state index in [1.807, 2.05) is 9.97 Å². The highest BCUT2D eigenvalue weighted by atomic mass is 16.3. The molecule has 0 unspecified atom stereocenters. The standard InChI is InChI=1S/C4H3BN2O3/c5-1-2(8)7-4(10)3(9)6-1/h(H,6,9)(H2,7,8,10)/q-1. The van der Waals surface area contributed by atoms with E-state index in [-0.39, 0.29) is 5.59 Å². The number of nitrogens with one attached hydrogen (secondary N) is 2. The van der Waals surface area contributed by atoms with Gasteiger partial charge in [0, 0.05) is 0 Å². The summed E-state index contributed by atoms with van der Waals surface area (Å²) in [5.74, 6) is -0.524. The Morgan fingerprint density at radius 2 is 1.70 bits per heavy atom. The molecular formula is C4H3BN2O3-. The van der Waals surface area contributed by atoms with Crippen LogP contribution in [0.25, 0.3) is 0 Å². The van der Waals surface area contributed by atoms with Crippen molar-refractivity contribution in [2.75, 3.05) is 0 Å². The number of hydrogen-bond acceptors (Lipinski definition) is 3. The Labute approximate surface area is 56.1 Å². The third kappa shape index (κ3) is 0.951. The van der Waals surface area contributed by atoms with Crippen molar-refractivity contribution < 1.29 is 5.11 Å². The van der Waals surface area contributed by atoms with Gasteiger partial charge in [-0.15, -0.1) is 0 Å². The van der Waals surface area contributed by atoms with E-state index in [1.54, 1.807) is 0 Å². The van der Waals surface area contributed by atoms with Gasteiger partial charge in [-0.1, -0.05) is 0 Å². The zero-order valence-corrected chi connectivity index (χ0v) is 4.84. The lowest BCUT2D eigenvalue weighted by molar-refractivity contribution is 0.453. The second kappa shape index (κ2) is 2.05. The number of aromatic nitrogens is 2. The molecule has 0 aliphatic carbocycles. The summed E-state index contributed by atoms with van der Waals surface area (Å²) in [4.78, 5) is 24.6. The molecule has 0 saturated heterocycles. The normalized spacial score (nSPS) is 9.70. The lowest BCUT2D eigenvalue weighted by Gasteiger charge is -2.06. The topological polar surface area (TPSA) is 86.0 Å². The Morgan fingerprint density at radius 1 is 1.20 bits per heavy atom. The first-order valence-electron chi connectivity index (χ1n) is 2.42. The molecule has 5 nitrogen and oxygen atoms in total. The molecule has 0 amide bonds. The average molecular weight is 138 g/mol. The van der Waals surface area contributed by atoms with Crippen molar-refractivity contribution in [1.29, 1.82) is 0 Å². The van der Waals surface area contributed by atoms with Crippen LogP contribution in [0, 0.1) is 0 Å². The van der Waals surface area contributed by atoms with Crippen molar-refractivity contribution >= 4 is 13.4 Å². The fourth-order valence-electron chi connectivity index (χ4n) is 0.470. The van der Waals surface area contributed by atoms with Gasteiger partial charge in [0.05, 0.1) is 0 Å². The molecule has 51 valence electrons. The molecule has 1 heterocycles. The van der Waals surface area contributed by atoms with Gasteiger partial charge in [-0.3, -0.25) is 14.6 Å². The van der Waals surface area contributed by atoms with E-state index in [0.29, 0.717) is 0 Å². The van der Waals surface area contributed by atoms with Gasteiger partial charge >= 0.3 is 11.1 Å². The summed E-state index contributed by atoms with van der Waals surface area (Å²) in [6, 6.07) is 0. The summed E-state index contributed by atoms with van der Waals surface area (Å²) in [6.07, 6.45) is 0. The molecule has 3 radical (unpaired) electrons. The monoisotopic (exact) mass is 138 g/mol. The molecule has 0 bridgehead atoms. The number of aromatic amines is 2. The Kier molecular flexibility index (Phi) is 1.37. The first kappa shape index (κ1) is 6.66. The molecule has 0 fully saturated rings. The van der Waals surface area contributed by atoms with E-state index >= 15 is 0 Å². The maximum absolute atomic E-state index is 10.4. The number of aromatic hydroxyl groups is 1. The first-order valence-corrected chi connectivity index (χ1v) is 2.42. The Morgan fingerprint density at radius 3 is 2.20 bits per heavy atom. The van der Waals surface area contributed by atoms with Crippen LogP contribution in [0.2, 0.25) is 0 Å². The highest BCUT2D eigenvalue weighted by molar-refractivity contribution is 6.32. The number of hydrogen-bond donors (Lipinski definition) is 3. The molecule has 0 aromatic carbocycles. The minimum Gasteiger partial charge on any atom is -0.549 e. The molecule has 0 atom stereocenters. The quantitative estimate of drug-likeness (QED) is 0.275. The van der Waals surface area contributed by atoms with Crippen molar-refractivity contribution in [2.45, 2.75) is 0 Å². The van der Waals surface area contributed by atoms with Gasteiger partial charge in [0.15, 0.2) is 5.88 Å². The molecule has 1 rings (SSSR count). The molecule has 0 spiro atoms. The molecule has 3 N–H and O–H groups in total. The summed E-state index contributed by atoms with van der Waals surface area (Å²) in [6.45, 7) is 0. The maximum Gasteiger partial charge on any atom is 0.316 e. The summed E-state index contributed by atoms with van der Waals surface area (Å²) in [7, 11) is 5.01. The van der Waals surface area contributed by atoms with Crippen molar-refractivity contribution in [2.24, 2.45) is 0 Å². The van der Waals surface area contributed by atoms with Crippen LogP contribution in [0.4, 0.5) is 0 Å². The fourth-order valence-corrected chi connectivity index (χ4v) is 0.470. The van der Waals surface area contributed by atoms with Crippen LogP contribution in [-0.4, -0.2) is 22.9 Å². The van der Waals surface area contributed by atoms with E-state index in [0.717, 1.165) is 0 Å². The largest absolute Gasteiger partial charge is 0.549 e. The highest BCUT2D eigenvalue weighted by Crippen LogP contribution is 1.84. The lowest BCUT2D eigenvalue weighted by Crippen LogP contribution is -2.35. The smallest absolute Gasteiger partial charge is 0.316 e. The van der Waals surface area contributed by atoms with Crippen LogP contribution in [0.15, 0.2) is 9.59 Å². The predicted octanol–water partition coefficient (Wildman–Crippen LogP) is -2.44. The van der Waals surface area contributed by atoms with Gasteiger partial charge in [0.25, 0.3) is 0 Å². The maximum atomic E-state index is 10.4. The van der Waals surface area contributed by atoms with Crippen LogP contribution >= 0.6 is 0 Å². The van der Waals surface area contributed by atoms with E-state index < -0.39 is 17.0 Å². The van der Waals surface area contributed by atoms with Gasteiger partial charge in [-0.2, -0.15) is 5.59 Å². The molecule has 6 heteroatoms.